The summed E-state index contributed by atoms with van der Waals surface area (Å²) in [6.45, 7) is 2.87. The lowest BCUT2D eigenvalue weighted by molar-refractivity contribution is -0.124. The third-order valence-electron chi connectivity index (χ3n) is 5.99. The molecule has 0 bridgehead atoms. The van der Waals surface area contributed by atoms with Crippen molar-refractivity contribution in [3.8, 4) is 11.4 Å². The minimum absolute atomic E-state index is 0.0718. The third-order valence-corrected chi connectivity index (χ3v) is 7.71. The summed E-state index contributed by atoms with van der Waals surface area (Å²) in [5.41, 5.74) is 2.30. The van der Waals surface area contributed by atoms with Crippen molar-refractivity contribution in [1.29, 1.82) is 0 Å². The zero-order chi connectivity index (χ0) is 25.2. The zero-order valence-corrected chi connectivity index (χ0v) is 20.1. The van der Waals surface area contributed by atoms with Crippen molar-refractivity contribution in [2.45, 2.75) is 26.7 Å². The first-order valence-electron chi connectivity index (χ1n) is 11.1. The summed E-state index contributed by atoms with van der Waals surface area (Å²) in [5.74, 6) is -1.45. The van der Waals surface area contributed by atoms with Crippen LogP contribution in [-0.2, 0) is 19.4 Å². The number of benzene rings is 2. The number of aromatic nitrogens is 2. The standard InChI is InChI=1S/C24H25FN4O5S/c1-15-11-20(12-16(2)22(15)25)29(24(31)18-7-9-35(32,33)10-8-18)13-21(30)27-19-5-3-17(4-6-19)23-26-14-34-28-23/h3-6,11-12,14,18H,7-10,13H2,1-2H3,(H,27,30). The van der Waals surface area contributed by atoms with Crippen LogP contribution in [0.4, 0.5) is 15.8 Å². The van der Waals surface area contributed by atoms with Gasteiger partial charge in [-0.25, -0.2) is 12.8 Å². The molecular formula is C24H25FN4O5S. The van der Waals surface area contributed by atoms with E-state index in [1.165, 1.54) is 23.4 Å². The molecule has 11 heteroatoms. The van der Waals surface area contributed by atoms with Gasteiger partial charge in [0, 0.05) is 22.9 Å². The molecule has 0 aliphatic carbocycles. The van der Waals surface area contributed by atoms with Crippen molar-refractivity contribution in [2.24, 2.45) is 5.92 Å². The Kier molecular flexibility index (Phi) is 6.97. The van der Waals surface area contributed by atoms with Gasteiger partial charge in [0.15, 0.2) is 0 Å². The highest BCUT2D eigenvalue weighted by molar-refractivity contribution is 7.91. The van der Waals surface area contributed by atoms with Crippen molar-refractivity contribution >= 4 is 33.0 Å². The van der Waals surface area contributed by atoms with Crippen LogP contribution in [0, 0.1) is 25.6 Å². The normalized spacial score (nSPS) is 15.5. The van der Waals surface area contributed by atoms with E-state index in [1.54, 1.807) is 38.1 Å². The quantitative estimate of drug-likeness (QED) is 0.551. The Morgan fingerprint density at radius 3 is 2.31 bits per heavy atom. The monoisotopic (exact) mass is 500 g/mol. The average Bonchev–Trinajstić information content (AvgIpc) is 3.36. The molecule has 184 valence electrons. The van der Waals surface area contributed by atoms with E-state index in [1.807, 2.05) is 0 Å². The molecule has 35 heavy (non-hydrogen) atoms. The summed E-state index contributed by atoms with van der Waals surface area (Å²) < 4.78 is 42.6. The first-order valence-corrected chi connectivity index (χ1v) is 12.9. The van der Waals surface area contributed by atoms with Gasteiger partial charge in [0.2, 0.25) is 24.0 Å². The van der Waals surface area contributed by atoms with Gasteiger partial charge < -0.3 is 14.7 Å². The number of nitrogens with zero attached hydrogens (tertiary/aromatic N) is 3. The summed E-state index contributed by atoms with van der Waals surface area (Å²) >= 11 is 0. The van der Waals surface area contributed by atoms with Crippen LogP contribution in [0.25, 0.3) is 11.4 Å². The minimum atomic E-state index is -3.16. The highest BCUT2D eigenvalue weighted by Crippen LogP contribution is 2.27. The Hall–Kier alpha value is -3.60. The van der Waals surface area contributed by atoms with Crippen molar-refractivity contribution in [3.05, 3.63) is 59.7 Å². The predicted molar refractivity (Wildman–Crippen MR) is 128 cm³/mol. The fourth-order valence-electron chi connectivity index (χ4n) is 4.08. The largest absolute Gasteiger partial charge is 0.342 e. The second-order valence-corrected chi connectivity index (χ2v) is 10.9. The number of aryl methyl sites for hydroxylation is 2. The Labute approximate surface area is 202 Å². The number of hydrogen-bond donors (Lipinski definition) is 1. The molecule has 1 aliphatic rings. The van der Waals surface area contributed by atoms with Crippen molar-refractivity contribution in [2.75, 3.05) is 28.3 Å². The van der Waals surface area contributed by atoms with E-state index in [0.717, 1.165) is 0 Å². The van der Waals surface area contributed by atoms with Gasteiger partial charge in [-0.05, 0) is 74.2 Å². The number of halogens is 1. The van der Waals surface area contributed by atoms with E-state index >= 15 is 0 Å². The molecule has 2 heterocycles. The van der Waals surface area contributed by atoms with Crippen molar-refractivity contribution < 1.29 is 26.9 Å². The summed E-state index contributed by atoms with van der Waals surface area (Å²) in [6.07, 6.45) is 1.60. The molecular weight excluding hydrogens is 475 g/mol. The van der Waals surface area contributed by atoms with Gasteiger partial charge in [-0.1, -0.05) is 5.16 Å². The molecule has 0 atom stereocenters. The number of hydrogen-bond acceptors (Lipinski definition) is 7. The molecule has 0 unspecified atom stereocenters. The molecule has 0 spiro atoms. The molecule has 2 amide bonds. The number of anilines is 2. The molecule has 2 aromatic carbocycles. The maximum atomic E-state index is 14.2. The molecule has 3 aromatic rings. The van der Waals surface area contributed by atoms with Crippen LogP contribution in [0.15, 0.2) is 47.3 Å². The zero-order valence-electron chi connectivity index (χ0n) is 19.3. The van der Waals surface area contributed by atoms with E-state index in [4.69, 9.17) is 4.52 Å². The second kappa shape index (κ2) is 9.95. The van der Waals surface area contributed by atoms with Crippen LogP contribution < -0.4 is 10.2 Å². The lowest BCUT2D eigenvalue weighted by Crippen LogP contribution is -2.43. The van der Waals surface area contributed by atoms with Crippen LogP contribution in [0.3, 0.4) is 0 Å². The first kappa shape index (κ1) is 24.5. The smallest absolute Gasteiger partial charge is 0.244 e. The molecule has 1 saturated heterocycles. The van der Waals surface area contributed by atoms with Gasteiger partial charge in [-0.2, -0.15) is 4.98 Å². The SMILES string of the molecule is Cc1cc(N(CC(=O)Nc2ccc(-c3ncon3)cc2)C(=O)C2CCS(=O)(=O)CC2)cc(C)c1F. The number of amides is 2. The van der Waals surface area contributed by atoms with Crippen LogP contribution in [0.1, 0.15) is 24.0 Å². The highest BCUT2D eigenvalue weighted by atomic mass is 32.2. The van der Waals surface area contributed by atoms with Crippen LogP contribution in [-0.4, -0.2) is 48.4 Å². The fraction of sp³-hybridized carbons (Fsp3) is 0.333. The fourth-order valence-corrected chi connectivity index (χ4v) is 5.57. The lowest BCUT2D eigenvalue weighted by atomic mass is 10.00. The van der Waals surface area contributed by atoms with Gasteiger partial charge in [0.05, 0.1) is 11.5 Å². The summed E-state index contributed by atoms with van der Waals surface area (Å²) in [4.78, 5) is 31.6. The topological polar surface area (TPSA) is 122 Å². The maximum Gasteiger partial charge on any atom is 0.244 e. The average molecular weight is 501 g/mol. The third kappa shape index (κ3) is 5.73. The summed E-state index contributed by atoms with van der Waals surface area (Å²) in [5, 5.41) is 6.52. The number of sulfone groups is 1. The van der Waals surface area contributed by atoms with Gasteiger partial charge in [0.1, 0.15) is 22.2 Å². The number of carbonyl (C=O) groups excluding carboxylic acids is 2. The Balaban J connectivity index is 1.54. The Morgan fingerprint density at radius 2 is 1.74 bits per heavy atom. The van der Waals surface area contributed by atoms with Gasteiger partial charge in [-0.3, -0.25) is 9.59 Å². The molecule has 9 nitrogen and oxygen atoms in total. The van der Waals surface area contributed by atoms with E-state index in [-0.39, 0.29) is 42.6 Å². The van der Waals surface area contributed by atoms with Crippen molar-refractivity contribution in [1.82, 2.24) is 10.1 Å². The maximum absolute atomic E-state index is 14.2. The lowest BCUT2D eigenvalue weighted by Gasteiger charge is -2.29. The van der Waals surface area contributed by atoms with E-state index < -0.39 is 21.7 Å². The molecule has 1 aliphatic heterocycles. The van der Waals surface area contributed by atoms with Gasteiger partial charge in [0.25, 0.3) is 0 Å². The van der Waals surface area contributed by atoms with E-state index in [9.17, 15) is 22.4 Å². The predicted octanol–water partition coefficient (Wildman–Crippen LogP) is 3.29. The molecule has 1 N–H and O–H groups in total. The molecule has 0 saturated carbocycles. The van der Waals surface area contributed by atoms with E-state index in [0.29, 0.717) is 33.9 Å². The molecule has 1 fully saturated rings. The van der Waals surface area contributed by atoms with Crippen LogP contribution >= 0.6 is 0 Å². The molecule has 1 aromatic heterocycles. The number of nitrogens with one attached hydrogen (secondary N) is 1. The second-order valence-electron chi connectivity index (χ2n) is 8.62. The first-order chi connectivity index (χ1) is 16.6. The Bertz CT molecular complexity index is 1300. The van der Waals surface area contributed by atoms with Crippen molar-refractivity contribution in [3.63, 3.8) is 0 Å². The molecule has 0 radical (unpaired) electrons. The number of rotatable bonds is 6. The highest BCUT2D eigenvalue weighted by Gasteiger charge is 2.33. The number of carbonyl (C=O) groups is 2. The summed E-state index contributed by atoms with van der Waals surface area (Å²) in [7, 11) is -3.16. The van der Waals surface area contributed by atoms with Gasteiger partial charge >= 0.3 is 0 Å². The van der Waals surface area contributed by atoms with Gasteiger partial charge in [-0.15, -0.1) is 0 Å². The van der Waals surface area contributed by atoms with Crippen LogP contribution in [0.2, 0.25) is 0 Å². The summed E-state index contributed by atoms with van der Waals surface area (Å²) in [6, 6.07) is 9.83. The molecule has 4 rings (SSSR count). The Morgan fingerprint density at radius 1 is 1.11 bits per heavy atom. The van der Waals surface area contributed by atoms with Crippen LogP contribution in [0.5, 0.6) is 0 Å². The van der Waals surface area contributed by atoms with E-state index in [2.05, 4.69) is 15.5 Å². The minimum Gasteiger partial charge on any atom is -0.342 e.